The molecule has 9 atom stereocenters. The van der Waals surface area contributed by atoms with Crippen LogP contribution < -0.4 is 0 Å². The van der Waals surface area contributed by atoms with Gasteiger partial charge in [0.15, 0.2) is 0 Å². The van der Waals surface area contributed by atoms with Crippen LogP contribution in [-0.2, 0) is 46.4 Å². The molecule has 3 aliphatic rings. The molecule has 3 aromatic carbocycles. The third-order valence-electron chi connectivity index (χ3n) is 9.30. The van der Waals surface area contributed by atoms with Gasteiger partial charge in [0.1, 0.15) is 37.6 Å². The lowest BCUT2D eigenvalue weighted by Crippen LogP contribution is -2.79. The van der Waals surface area contributed by atoms with Crippen molar-refractivity contribution in [2.24, 2.45) is 0 Å². The van der Waals surface area contributed by atoms with Gasteiger partial charge in [0, 0.05) is 20.5 Å². The molecule has 14 heteroatoms. The minimum absolute atomic E-state index is 0.0883. The van der Waals surface area contributed by atoms with Crippen LogP contribution in [0.3, 0.4) is 0 Å². The molecule has 2 amide bonds. The fourth-order valence-electron chi connectivity index (χ4n) is 6.64. The number of ether oxygens (including phenoxy) is 6. The number of carbonyl (C=O) groups excluding carboxylic acids is 4. The first-order valence-electron chi connectivity index (χ1n) is 16.5. The normalized spacial score (nSPS) is 29.9. The van der Waals surface area contributed by atoms with Crippen molar-refractivity contribution in [2.75, 3.05) is 14.1 Å². The van der Waals surface area contributed by atoms with E-state index in [0.29, 0.717) is 11.1 Å². The quantitative estimate of drug-likeness (QED) is 0.260. The standard InChI is InChI=1S/C37H40N2O12/c1-22-19-26(40)37(51-33(43)25-17-11-6-12-18-25)34(48-22)49-32-30(42)27(38(2)35(44)46-20-23-13-7-4-8-14-23)29(41)28(31(32)50-37)39(3)36(45)47-21-24-15-9-5-10-16-24/h4-18,22,27-32,34,41-42H,19-21H2,1-3H3/t22-,27-,28+,29+,30+,31-,32-,34+,37-/m1/s1. The SMILES string of the molecule is C[C@@H]1CC(=O)[C@]2(OC(=O)c3ccccc3)O[C@H]3[C@H](O[C@@H]2O1)[C@@H](O)[C@H](N(C)C(=O)OCc1ccccc1)[C@H](O)[C@@H]3N(C)C(=O)OCc1ccccc1. The predicted molar refractivity (Wildman–Crippen MR) is 177 cm³/mol. The van der Waals surface area contributed by atoms with Crippen LogP contribution in [0.1, 0.15) is 34.8 Å². The molecule has 270 valence electrons. The third kappa shape index (κ3) is 7.32. The molecule has 1 aliphatic carbocycles. The Hall–Kier alpha value is -4.86. The van der Waals surface area contributed by atoms with Crippen molar-refractivity contribution in [3.63, 3.8) is 0 Å². The number of fused-ring (bicyclic) bond motifs is 2. The number of hydrogen-bond donors (Lipinski definition) is 2. The highest BCUT2D eigenvalue weighted by Gasteiger charge is 2.68. The minimum Gasteiger partial charge on any atom is -0.445 e. The molecular formula is C37H40N2O12. The first-order chi connectivity index (χ1) is 24.5. The zero-order valence-electron chi connectivity index (χ0n) is 28.3. The Kier molecular flexibility index (Phi) is 10.7. The number of aliphatic hydroxyl groups is 2. The Morgan fingerprint density at radius 2 is 1.25 bits per heavy atom. The van der Waals surface area contributed by atoms with Gasteiger partial charge >= 0.3 is 23.9 Å². The molecule has 2 saturated heterocycles. The Labute approximate surface area is 294 Å². The third-order valence-corrected chi connectivity index (χ3v) is 9.30. The number of aliphatic hydroxyl groups excluding tert-OH is 2. The minimum atomic E-state index is -2.47. The lowest BCUT2D eigenvalue weighted by molar-refractivity contribution is -0.421. The molecule has 3 fully saturated rings. The second-order valence-corrected chi connectivity index (χ2v) is 12.8. The van der Waals surface area contributed by atoms with E-state index in [4.69, 9.17) is 28.4 Å². The molecule has 0 bridgehead atoms. The highest BCUT2D eigenvalue weighted by molar-refractivity contribution is 5.95. The number of likely N-dealkylation sites (N-methyl/N-ethyl adjacent to an activating group) is 2. The number of nitrogens with zero attached hydrogens (tertiary/aromatic N) is 2. The van der Waals surface area contributed by atoms with Gasteiger partial charge in [-0.25, -0.2) is 14.4 Å². The highest BCUT2D eigenvalue weighted by Crippen LogP contribution is 2.44. The van der Waals surface area contributed by atoms with E-state index in [9.17, 15) is 29.4 Å². The number of benzene rings is 3. The van der Waals surface area contributed by atoms with Crippen LogP contribution in [-0.4, -0.2) is 113 Å². The Morgan fingerprint density at radius 1 is 0.745 bits per heavy atom. The van der Waals surface area contributed by atoms with Gasteiger partial charge in [-0.3, -0.25) is 4.79 Å². The van der Waals surface area contributed by atoms with E-state index in [2.05, 4.69) is 0 Å². The van der Waals surface area contributed by atoms with Crippen molar-refractivity contribution in [2.45, 2.75) is 81.2 Å². The molecule has 1 saturated carbocycles. The summed E-state index contributed by atoms with van der Waals surface area (Å²) < 4.78 is 35.4. The summed E-state index contributed by atoms with van der Waals surface area (Å²) in [5, 5.41) is 23.8. The lowest BCUT2D eigenvalue weighted by atomic mass is 9.78. The van der Waals surface area contributed by atoms with Crippen molar-refractivity contribution >= 4 is 23.9 Å². The molecule has 0 radical (unpaired) electrons. The van der Waals surface area contributed by atoms with Crippen LogP contribution in [0.2, 0.25) is 0 Å². The van der Waals surface area contributed by atoms with Crippen LogP contribution in [0, 0.1) is 0 Å². The molecule has 0 spiro atoms. The predicted octanol–water partition coefficient (Wildman–Crippen LogP) is 3.04. The van der Waals surface area contributed by atoms with Gasteiger partial charge in [-0.2, -0.15) is 0 Å². The average molecular weight is 705 g/mol. The smallest absolute Gasteiger partial charge is 0.410 e. The first kappa shape index (κ1) is 35.9. The van der Waals surface area contributed by atoms with E-state index in [0.717, 1.165) is 9.80 Å². The van der Waals surface area contributed by atoms with Crippen molar-refractivity contribution in [3.8, 4) is 0 Å². The van der Waals surface area contributed by atoms with Gasteiger partial charge in [-0.1, -0.05) is 78.9 Å². The van der Waals surface area contributed by atoms with Crippen molar-refractivity contribution in [1.29, 1.82) is 0 Å². The second-order valence-electron chi connectivity index (χ2n) is 12.8. The van der Waals surface area contributed by atoms with E-state index in [1.54, 1.807) is 73.7 Å². The highest BCUT2D eigenvalue weighted by atomic mass is 16.8. The molecular weight excluding hydrogens is 664 g/mol. The van der Waals surface area contributed by atoms with Crippen molar-refractivity contribution in [3.05, 3.63) is 108 Å². The number of ketones is 1. The van der Waals surface area contributed by atoms with E-state index in [-0.39, 0.29) is 25.2 Å². The van der Waals surface area contributed by atoms with Gasteiger partial charge in [-0.05, 0) is 30.2 Å². The van der Waals surface area contributed by atoms with E-state index in [1.807, 2.05) is 12.1 Å². The average Bonchev–Trinajstić information content (AvgIpc) is 3.14. The fourth-order valence-corrected chi connectivity index (χ4v) is 6.64. The molecule has 14 nitrogen and oxygen atoms in total. The second kappa shape index (κ2) is 15.2. The molecule has 51 heavy (non-hydrogen) atoms. The molecule has 6 rings (SSSR count). The molecule has 2 aliphatic heterocycles. The summed E-state index contributed by atoms with van der Waals surface area (Å²) in [6, 6.07) is 22.9. The van der Waals surface area contributed by atoms with Crippen molar-refractivity contribution < 1.29 is 57.8 Å². The van der Waals surface area contributed by atoms with Crippen LogP contribution in [0.25, 0.3) is 0 Å². The Bertz CT molecular complexity index is 1700. The summed E-state index contributed by atoms with van der Waals surface area (Å²) in [7, 11) is 2.66. The number of amides is 2. The maximum Gasteiger partial charge on any atom is 0.410 e. The number of hydrogen-bond acceptors (Lipinski definition) is 12. The maximum absolute atomic E-state index is 13.8. The van der Waals surface area contributed by atoms with E-state index < -0.39 is 78.6 Å². The lowest BCUT2D eigenvalue weighted by Gasteiger charge is -2.57. The number of Topliss-reactive ketones (excluding diaryl/α,β-unsaturated/α-hetero) is 1. The monoisotopic (exact) mass is 704 g/mol. The zero-order chi connectivity index (χ0) is 36.3. The number of rotatable bonds is 8. The summed E-state index contributed by atoms with van der Waals surface area (Å²) in [6.07, 6.45) is -10.7. The van der Waals surface area contributed by atoms with Gasteiger partial charge in [0.05, 0.1) is 23.8 Å². The topological polar surface area (TPSA) is 171 Å². The summed E-state index contributed by atoms with van der Waals surface area (Å²) in [4.78, 5) is 56.2. The van der Waals surface area contributed by atoms with Gasteiger partial charge in [-0.15, -0.1) is 0 Å². The fraction of sp³-hybridized carbons (Fsp3) is 0.405. The summed E-state index contributed by atoms with van der Waals surface area (Å²) in [5.41, 5.74) is 1.52. The Morgan fingerprint density at radius 3 is 1.80 bits per heavy atom. The molecule has 0 unspecified atom stereocenters. The van der Waals surface area contributed by atoms with Gasteiger partial charge in [0.25, 0.3) is 0 Å². The van der Waals surface area contributed by atoms with E-state index >= 15 is 0 Å². The van der Waals surface area contributed by atoms with E-state index in [1.165, 1.54) is 26.2 Å². The first-order valence-corrected chi connectivity index (χ1v) is 16.5. The van der Waals surface area contributed by atoms with Crippen LogP contribution >= 0.6 is 0 Å². The van der Waals surface area contributed by atoms with Crippen LogP contribution in [0.15, 0.2) is 91.0 Å². The van der Waals surface area contributed by atoms with Gasteiger partial charge < -0.3 is 48.4 Å². The summed E-state index contributed by atoms with van der Waals surface area (Å²) >= 11 is 0. The number of esters is 1. The Balaban J connectivity index is 1.33. The number of carbonyl (C=O) groups is 4. The van der Waals surface area contributed by atoms with Crippen LogP contribution in [0.5, 0.6) is 0 Å². The maximum atomic E-state index is 13.8. The largest absolute Gasteiger partial charge is 0.445 e. The summed E-state index contributed by atoms with van der Waals surface area (Å²) in [5.74, 6) is -4.08. The molecule has 3 aromatic rings. The molecule has 2 heterocycles. The molecule has 0 aromatic heterocycles. The summed E-state index contributed by atoms with van der Waals surface area (Å²) in [6.45, 7) is 1.42. The molecule has 2 N–H and O–H groups in total. The zero-order valence-corrected chi connectivity index (χ0v) is 28.3. The van der Waals surface area contributed by atoms with Crippen molar-refractivity contribution in [1.82, 2.24) is 9.80 Å². The van der Waals surface area contributed by atoms with Crippen LogP contribution in [0.4, 0.5) is 9.59 Å². The van der Waals surface area contributed by atoms with Gasteiger partial charge in [0.2, 0.25) is 12.1 Å².